The molecule has 0 unspecified atom stereocenters. The normalized spacial score (nSPS) is 10.6. The van der Waals surface area contributed by atoms with Crippen LogP contribution in [0.15, 0.2) is 22.7 Å². The predicted octanol–water partition coefficient (Wildman–Crippen LogP) is 4.98. The molecule has 9 heteroatoms. The maximum absolute atomic E-state index is 12.4. The first-order valence-electron chi connectivity index (χ1n) is 8.35. The zero-order chi connectivity index (χ0) is 20.8. The third kappa shape index (κ3) is 5.59. The van der Waals surface area contributed by atoms with E-state index >= 15 is 0 Å². The van der Waals surface area contributed by atoms with Crippen molar-refractivity contribution >= 4 is 50.9 Å². The van der Waals surface area contributed by atoms with Crippen molar-refractivity contribution in [3.63, 3.8) is 0 Å². The summed E-state index contributed by atoms with van der Waals surface area (Å²) in [5.41, 5.74) is 0.951. The second-order valence-electron chi connectivity index (χ2n) is 5.77. The number of aromatic hydroxyl groups is 1. The van der Waals surface area contributed by atoms with Crippen LogP contribution in [-0.2, 0) is 16.0 Å². The first kappa shape index (κ1) is 22.5. The van der Waals surface area contributed by atoms with Crippen molar-refractivity contribution in [3.05, 3.63) is 49.7 Å². The Hall–Kier alpha value is -1.83. The van der Waals surface area contributed by atoms with Crippen molar-refractivity contribution in [2.75, 3.05) is 13.7 Å². The van der Waals surface area contributed by atoms with Gasteiger partial charge in [-0.1, -0.05) is 23.2 Å². The minimum atomic E-state index is -0.484. The highest BCUT2D eigenvalue weighted by Crippen LogP contribution is 2.34. The summed E-state index contributed by atoms with van der Waals surface area (Å²) in [6.07, 6.45) is 0.0177. The minimum Gasteiger partial charge on any atom is -0.504 e. The average Bonchev–Trinajstić information content (AvgIpc) is 2.65. The minimum absolute atomic E-state index is 0.0915. The van der Waals surface area contributed by atoms with E-state index in [1.54, 1.807) is 25.1 Å². The molecule has 0 bridgehead atoms. The number of pyridine rings is 1. The first-order valence-corrected chi connectivity index (χ1v) is 9.90. The van der Waals surface area contributed by atoms with E-state index in [1.165, 1.54) is 7.11 Å². The zero-order valence-electron chi connectivity index (χ0n) is 15.2. The molecule has 0 atom stereocenters. The molecule has 0 aliphatic rings. The van der Waals surface area contributed by atoms with Crippen LogP contribution in [0.25, 0.3) is 0 Å². The van der Waals surface area contributed by atoms with Crippen molar-refractivity contribution in [1.82, 2.24) is 4.98 Å². The molecule has 0 aliphatic carbocycles. The lowest BCUT2D eigenvalue weighted by Crippen LogP contribution is -2.10. The number of methoxy groups -OCH3 is 1. The third-order valence-corrected chi connectivity index (χ3v) is 5.11. The van der Waals surface area contributed by atoms with Crippen LogP contribution in [0.5, 0.6) is 11.5 Å². The zero-order valence-corrected chi connectivity index (χ0v) is 18.3. The number of halogens is 3. The van der Waals surface area contributed by atoms with Crippen LogP contribution in [0.2, 0.25) is 10.0 Å². The van der Waals surface area contributed by atoms with Crippen molar-refractivity contribution in [1.29, 1.82) is 0 Å². The lowest BCUT2D eigenvalue weighted by molar-refractivity contribution is -0.143. The summed E-state index contributed by atoms with van der Waals surface area (Å²) in [5, 5.41) is 11.0. The van der Waals surface area contributed by atoms with Gasteiger partial charge >= 0.3 is 5.97 Å². The fourth-order valence-corrected chi connectivity index (χ4v) is 3.51. The van der Waals surface area contributed by atoms with Crippen LogP contribution < -0.4 is 4.74 Å². The highest BCUT2D eigenvalue weighted by atomic mass is 79.9. The van der Waals surface area contributed by atoms with E-state index in [0.29, 0.717) is 31.5 Å². The monoisotopic (exact) mass is 489 g/mol. The fraction of sp³-hybridized carbons (Fsp3) is 0.316. The molecule has 0 saturated heterocycles. The molecular weight excluding hydrogens is 473 g/mol. The van der Waals surface area contributed by atoms with Gasteiger partial charge in [-0.25, -0.2) is 4.98 Å². The largest absolute Gasteiger partial charge is 0.504 e. The van der Waals surface area contributed by atoms with E-state index in [1.807, 2.05) is 0 Å². The van der Waals surface area contributed by atoms with Gasteiger partial charge in [-0.3, -0.25) is 9.59 Å². The van der Waals surface area contributed by atoms with E-state index in [-0.39, 0.29) is 37.3 Å². The van der Waals surface area contributed by atoms with Crippen LogP contribution >= 0.6 is 39.1 Å². The van der Waals surface area contributed by atoms with Crippen LogP contribution in [0.4, 0.5) is 0 Å². The molecule has 0 spiro atoms. The maximum Gasteiger partial charge on any atom is 0.306 e. The fourth-order valence-electron chi connectivity index (χ4n) is 2.46. The smallest absolute Gasteiger partial charge is 0.306 e. The Labute approximate surface area is 180 Å². The Kier molecular flexibility index (Phi) is 8.10. The predicted molar refractivity (Wildman–Crippen MR) is 110 cm³/mol. The molecule has 0 aliphatic heterocycles. The molecular formula is C19H18BrCl2NO5. The molecule has 1 N–H and O–H groups in total. The van der Waals surface area contributed by atoms with Gasteiger partial charge in [-0.2, -0.15) is 0 Å². The number of Topliss-reactive ketones (excluding diaryl/α,β-unsaturated/α-hetero) is 1. The third-order valence-electron chi connectivity index (χ3n) is 3.83. The number of carbonyl (C=O) groups excluding carboxylic acids is 2. The van der Waals surface area contributed by atoms with Gasteiger partial charge in [0.2, 0.25) is 0 Å². The molecule has 0 amide bonds. The molecule has 2 aromatic rings. The number of ether oxygens (including phenoxy) is 2. The Bertz CT molecular complexity index is 881. The van der Waals surface area contributed by atoms with Gasteiger partial charge in [0.05, 0.1) is 24.6 Å². The molecule has 6 nitrogen and oxygen atoms in total. The molecule has 28 heavy (non-hydrogen) atoms. The molecule has 2 rings (SSSR count). The lowest BCUT2D eigenvalue weighted by atomic mass is 10.1. The van der Waals surface area contributed by atoms with Gasteiger partial charge in [0.25, 0.3) is 0 Å². The molecule has 1 heterocycles. The van der Waals surface area contributed by atoms with E-state index in [4.69, 9.17) is 32.7 Å². The number of carbonyl (C=O) groups is 2. The number of hydrogen-bond donors (Lipinski definition) is 1. The Morgan fingerprint density at radius 1 is 1.18 bits per heavy atom. The number of benzene rings is 1. The van der Waals surface area contributed by atoms with Crippen LogP contribution in [0, 0.1) is 0 Å². The summed E-state index contributed by atoms with van der Waals surface area (Å²) < 4.78 is 10.2. The number of nitrogens with zero attached hydrogens (tertiary/aromatic N) is 1. The number of hydrogen-bond acceptors (Lipinski definition) is 6. The van der Waals surface area contributed by atoms with Crippen LogP contribution in [-0.4, -0.2) is 35.6 Å². The Morgan fingerprint density at radius 2 is 1.82 bits per heavy atom. The summed E-state index contributed by atoms with van der Waals surface area (Å²) in [6, 6.07) is 4.83. The average molecular weight is 491 g/mol. The van der Waals surface area contributed by atoms with Gasteiger partial charge in [-0.15, -0.1) is 0 Å². The summed E-state index contributed by atoms with van der Waals surface area (Å²) >= 11 is 15.8. The van der Waals surface area contributed by atoms with Crippen LogP contribution in [0.1, 0.15) is 41.5 Å². The summed E-state index contributed by atoms with van der Waals surface area (Å²) in [5.74, 6) is -0.722. The van der Waals surface area contributed by atoms with E-state index in [9.17, 15) is 14.7 Å². The van der Waals surface area contributed by atoms with Gasteiger partial charge in [-0.05, 0) is 46.6 Å². The molecule has 1 aromatic heterocycles. The van der Waals surface area contributed by atoms with Crippen molar-refractivity contribution in [2.24, 2.45) is 0 Å². The Balaban J connectivity index is 2.28. The molecule has 0 fully saturated rings. The number of rotatable bonds is 8. The second kappa shape index (κ2) is 10.1. The second-order valence-corrected chi connectivity index (χ2v) is 7.44. The lowest BCUT2D eigenvalue weighted by Gasteiger charge is -2.12. The number of ketones is 1. The summed E-state index contributed by atoms with van der Waals surface area (Å²) in [7, 11) is 1.51. The number of esters is 1. The molecule has 1 aromatic carbocycles. The molecule has 0 radical (unpaired) electrons. The van der Waals surface area contributed by atoms with Gasteiger partial charge in [0, 0.05) is 28.6 Å². The summed E-state index contributed by atoms with van der Waals surface area (Å²) in [4.78, 5) is 28.1. The van der Waals surface area contributed by atoms with Gasteiger partial charge in [0.15, 0.2) is 11.5 Å². The highest BCUT2D eigenvalue weighted by Gasteiger charge is 2.20. The quantitative estimate of drug-likeness (QED) is 0.414. The van der Waals surface area contributed by atoms with Crippen molar-refractivity contribution < 1.29 is 24.2 Å². The van der Waals surface area contributed by atoms with Crippen molar-refractivity contribution in [2.45, 2.75) is 26.2 Å². The molecule has 150 valence electrons. The van der Waals surface area contributed by atoms with Gasteiger partial charge in [0.1, 0.15) is 11.4 Å². The first-order chi connectivity index (χ1) is 13.3. The van der Waals surface area contributed by atoms with E-state index in [0.717, 1.165) is 0 Å². The van der Waals surface area contributed by atoms with Crippen molar-refractivity contribution in [3.8, 4) is 11.5 Å². The van der Waals surface area contributed by atoms with E-state index < -0.39 is 11.8 Å². The van der Waals surface area contributed by atoms with Gasteiger partial charge < -0.3 is 14.6 Å². The number of aromatic nitrogens is 1. The Morgan fingerprint density at radius 3 is 2.39 bits per heavy atom. The van der Waals surface area contributed by atoms with E-state index in [2.05, 4.69) is 20.9 Å². The summed E-state index contributed by atoms with van der Waals surface area (Å²) in [6.45, 7) is 1.92. The highest BCUT2D eigenvalue weighted by molar-refractivity contribution is 9.10. The molecule has 0 saturated carbocycles. The van der Waals surface area contributed by atoms with Crippen LogP contribution in [0.3, 0.4) is 0 Å². The standard InChI is InChI=1S/C19H18BrCl2NO5/c1-3-28-17(25)5-4-16(24)18-19(26)13(20)7-10(23-18)6-12-14(21)8-11(27-2)9-15(12)22/h7-9,26H,3-6H2,1-2H3. The SMILES string of the molecule is CCOC(=O)CCC(=O)c1nc(Cc2c(Cl)cc(OC)cc2Cl)cc(Br)c1O. The maximum atomic E-state index is 12.4. The topological polar surface area (TPSA) is 85.7 Å².